The lowest BCUT2D eigenvalue weighted by atomic mass is 10.1. The molecule has 0 fully saturated rings. The van der Waals surface area contributed by atoms with Crippen molar-refractivity contribution in [2.75, 3.05) is 0 Å². The first-order valence-electron chi connectivity index (χ1n) is 7.79. The van der Waals surface area contributed by atoms with Crippen molar-refractivity contribution in [1.29, 1.82) is 0 Å². The van der Waals surface area contributed by atoms with E-state index < -0.39 is 0 Å². The van der Waals surface area contributed by atoms with Crippen LogP contribution >= 0.6 is 11.3 Å². The number of nitrogens with zero attached hydrogens (tertiary/aromatic N) is 2. The third-order valence-electron chi connectivity index (χ3n) is 4.17. The Bertz CT molecular complexity index is 927. The zero-order valence-electron chi connectivity index (χ0n) is 14.3. The van der Waals surface area contributed by atoms with E-state index in [9.17, 15) is 4.79 Å². The predicted molar refractivity (Wildman–Crippen MR) is 97.4 cm³/mol. The first kappa shape index (κ1) is 16.5. The van der Waals surface area contributed by atoms with Crippen molar-refractivity contribution in [1.82, 2.24) is 9.55 Å². The standard InChI is InChI=1S/C19H20N2O2S/c1-12-9-16(11-24-12)10-23-18-13(2)15(4)21(19(22)14(18)3)17-5-7-20-8-6-17/h5-9,11H,10H2,1-4H3. The summed E-state index contributed by atoms with van der Waals surface area (Å²) in [7, 11) is 0. The van der Waals surface area contributed by atoms with Gasteiger partial charge < -0.3 is 4.74 Å². The van der Waals surface area contributed by atoms with Crippen LogP contribution in [-0.4, -0.2) is 9.55 Å². The SMILES string of the molecule is Cc1cc(COc2c(C)c(C)n(-c3ccncc3)c(=O)c2C)cs1. The molecule has 0 aliphatic carbocycles. The molecule has 4 nitrogen and oxygen atoms in total. The molecule has 3 heterocycles. The molecule has 3 aromatic heterocycles. The number of pyridine rings is 2. The van der Waals surface area contributed by atoms with Gasteiger partial charge in [-0.25, -0.2) is 0 Å². The van der Waals surface area contributed by atoms with E-state index in [0.29, 0.717) is 17.9 Å². The summed E-state index contributed by atoms with van der Waals surface area (Å²) in [6, 6.07) is 5.78. The van der Waals surface area contributed by atoms with Gasteiger partial charge in [-0.15, -0.1) is 11.3 Å². The van der Waals surface area contributed by atoms with Crippen LogP contribution in [0.5, 0.6) is 5.75 Å². The smallest absolute Gasteiger partial charge is 0.261 e. The minimum atomic E-state index is -0.0548. The van der Waals surface area contributed by atoms with E-state index in [1.54, 1.807) is 28.3 Å². The van der Waals surface area contributed by atoms with Crippen molar-refractivity contribution >= 4 is 11.3 Å². The van der Waals surface area contributed by atoms with E-state index in [4.69, 9.17) is 4.74 Å². The van der Waals surface area contributed by atoms with Crippen LogP contribution in [0.15, 0.2) is 40.8 Å². The van der Waals surface area contributed by atoms with E-state index in [1.807, 2.05) is 32.9 Å². The average Bonchev–Trinajstić information content (AvgIpc) is 3.00. The van der Waals surface area contributed by atoms with Crippen molar-refractivity contribution in [2.24, 2.45) is 0 Å². The monoisotopic (exact) mass is 340 g/mol. The molecule has 124 valence electrons. The van der Waals surface area contributed by atoms with Gasteiger partial charge in [-0.1, -0.05) is 0 Å². The van der Waals surface area contributed by atoms with Crippen molar-refractivity contribution in [3.05, 3.63) is 73.6 Å². The molecule has 0 amide bonds. The predicted octanol–water partition coefficient (Wildman–Crippen LogP) is 4.11. The molecule has 0 unspecified atom stereocenters. The molecule has 0 saturated heterocycles. The molecule has 24 heavy (non-hydrogen) atoms. The highest BCUT2D eigenvalue weighted by molar-refractivity contribution is 7.10. The fourth-order valence-corrected chi connectivity index (χ4v) is 3.47. The maximum absolute atomic E-state index is 12.8. The lowest BCUT2D eigenvalue weighted by Crippen LogP contribution is -2.25. The van der Waals surface area contributed by atoms with Gasteiger partial charge in [0.1, 0.15) is 12.4 Å². The van der Waals surface area contributed by atoms with Crippen molar-refractivity contribution in [3.8, 4) is 11.4 Å². The molecule has 0 bridgehead atoms. The molecule has 0 aliphatic heterocycles. The fourth-order valence-electron chi connectivity index (χ4n) is 2.78. The Morgan fingerprint density at radius 1 is 1.12 bits per heavy atom. The molecule has 0 radical (unpaired) electrons. The summed E-state index contributed by atoms with van der Waals surface area (Å²) in [5, 5.41) is 2.09. The molecule has 5 heteroatoms. The Morgan fingerprint density at radius 2 is 1.83 bits per heavy atom. The molecule has 0 aromatic carbocycles. The second-order valence-electron chi connectivity index (χ2n) is 5.86. The highest BCUT2D eigenvalue weighted by atomic mass is 32.1. The summed E-state index contributed by atoms with van der Waals surface area (Å²) < 4.78 is 7.72. The minimum Gasteiger partial charge on any atom is -0.488 e. The molecule has 0 aliphatic rings. The highest BCUT2D eigenvalue weighted by Crippen LogP contribution is 2.26. The van der Waals surface area contributed by atoms with E-state index in [-0.39, 0.29) is 5.56 Å². The largest absolute Gasteiger partial charge is 0.488 e. The second kappa shape index (κ2) is 6.61. The van der Waals surface area contributed by atoms with E-state index in [1.165, 1.54) is 4.88 Å². The normalized spacial score (nSPS) is 10.8. The Kier molecular flexibility index (Phi) is 4.53. The van der Waals surface area contributed by atoms with Crippen LogP contribution in [0.25, 0.3) is 5.69 Å². The lowest BCUT2D eigenvalue weighted by molar-refractivity contribution is 0.301. The van der Waals surface area contributed by atoms with Crippen LogP contribution in [-0.2, 0) is 6.61 Å². The van der Waals surface area contributed by atoms with Gasteiger partial charge in [0.2, 0.25) is 0 Å². The number of aromatic nitrogens is 2. The summed E-state index contributed by atoms with van der Waals surface area (Å²) in [4.78, 5) is 18.1. The summed E-state index contributed by atoms with van der Waals surface area (Å²) in [6.45, 7) is 8.31. The number of thiophene rings is 1. The van der Waals surface area contributed by atoms with Crippen LogP contribution in [0, 0.1) is 27.7 Å². The number of hydrogen-bond donors (Lipinski definition) is 0. The number of rotatable bonds is 4. The number of aryl methyl sites for hydroxylation is 1. The van der Waals surface area contributed by atoms with Gasteiger partial charge in [-0.05, 0) is 51.3 Å². The van der Waals surface area contributed by atoms with Crippen molar-refractivity contribution in [3.63, 3.8) is 0 Å². The molecular formula is C19H20N2O2S. The summed E-state index contributed by atoms with van der Waals surface area (Å²) in [5.74, 6) is 0.687. The number of ether oxygens (including phenoxy) is 1. The molecule has 0 N–H and O–H groups in total. The van der Waals surface area contributed by atoms with E-state index in [0.717, 1.165) is 22.5 Å². The quantitative estimate of drug-likeness (QED) is 0.718. The van der Waals surface area contributed by atoms with Gasteiger partial charge in [0.05, 0.1) is 11.3 Å². The molecule has 3 aromatic rings. The van der Waals surface area contributed by atoms with Gasteiger partial charge >= 0.3 is 0 Å². The molecule has 3 rings (SSSR count). The minimum absolute atomic E-state index is 0.0548. The number of hydrogen-bond acceptors (Lipinski definition) is 4. The third-order valence-corrected chi connectivity index (χ3v) is 5.08. The maximum Gasteiger partial charge on any atom is 0.261 e. The van der Waals surface area contributed by atoms with Crippen LogP contribution < -0.4 is 10.3 Å². The first-order chi connectivity index (χ1) is 11.5. The molecule has 0 saturated carbocycles. The van der Waals surface area contributed by atoms with Gasteiger partial charge in [0, 0.05) is 34.1 Å². The maximum atomic E-state index is 12.8. The molecule has 0 atom stereocenters. The summed E-state index contributed by atoms with van der Waals surface area (Å²) in [6.07, 6.45) is 3.38. The van der Waals surface area contributed by atoms with E-state index >= 15 is 0 Å². The highest BCUT2D eigenvalue weighted by Gasteiger charge is 2.16. The fraction of sp³-hybridized carbons (Fsp3) is 0.263. The second-order valence-corrected chi connectivity index (χ2v) is 6.98. The van der Waals surface area contributed by atoms with Crippen molar-refractivity contribution in [2.45, 2.75) is 34.3 Å². The first-order valence-corrected chi connectivity index (χ1v) is 8.67. The Hall–Kier alpha value is -2.40. The van der Waals surface area contributed by atoms with E-state index in [2.05, 4.69) is 23.4 Å². The zero-order chi connectivity index (χ0) is 17.3. The zero-order valence-corrected chi connectivity index (χ0v) is 15.1. The average molecular weight is 340 g/mol. The van der Waals surface area contributed by atoms with Crippen LogP contribution in [0.4, 0.5) is 0 Å². The van der Waals surface area contributed by atoms with Crippen LogP contribution in [0.3, 0.4) is 0 Å². The Morgan fingerprint density at radius 3 is 2.46 bits per heavy atom. The van der Waals surface area contributed by atoms with Gasteiger partial charge in [0.15, 0.2) is 0 Å². The van der Waals surface area contributed by atoms with Crippen LogP contribution in [0.1, 0.15) is 27.3 Å². The Labute approximate surface area is 145 Å². The van der Waals surface area contributed by atoms with Gasteiger partial charge in [-0.3, -0.25) is 14.3 Å². The Balaban J connectivity index is 2.02. The summed E-state index contributed by atoms with van der Waals surface area (Å²) >= 11 is 1.70. The molecule has 0 spiro atoms. The van der Waals surface area contributed by atoms with Gasteiger partial charge in [0.25, 0.3) is 5.56 Å². The lowest BCUT2D eigenvalue weighted by Gasteiger charge is -2.18. The van der Waals surface area contributed by atoms with Gasteiger partial charge in [-0.2, -0.15) is 0 Å². The van der Waals surface area contributed by atoms with Crippen molar-refractivity contribution < 1.29 is 4.74 Å². The molecular weight excluding hydrogens is 320 g/mol. The topological polar surface area (TPSA) is 44.1 Å². The third kappa shape index (κ3) is 2.99. The van der Waals surface area contributed by atoms with Crippen LogP contribution in [0.2, 0.25) is 0 Å². The summed E-state index contributed by atoms with van der Waals surface area (Å²) in [5.41, 5.74) is 4.39.